The molecule has 0 fully saturated rings. The van der Waals surface area contributed by atoms with Gasteiger partial charge in [0.15, 0.2) is 5.69 Å². The van der Waals surface area contributed by atoms with Crippen molar-refractivity contribution in [3.63, 3.8) is 0 Å². The van der Waals surface area contributed by atoms with Crippen molar-refractivity contribution in [1.29, 1.82) is 0 Å². The predicted octanol–water partition coefficient (Wildman–Crippen LogP) is 5.22. The van der Waals surface area contributed by atoms with Crippen molar-refractivity contribution in [2.75, 3.05) is 10.0 Å². The van der Waals surface area contributed by atoms with E-state index < -0.39 is 15.3 Å². The second kappa shape index (κ2) is 6.90. The minimum absolute atomic E-state index is 0.0302. The standard InChI is InChI=1S/C21H25N3O2S/c1-14(2)27(25,26)24-18-9-7-6-8-16(18)20-13-21(3,4)17-12-15(22-5)10-11-19(17)23-20/h6-12,14,20,23-24H,13H2,1-4H3. The fourth-order valence-corrected chi connectivity index (χ4v) is 4.23. The van der Waals surface area contributed by atoms with Gasteiger partial charge in [-0.1, -0.05) is 44.2 Å². The maximum Gasteiger partial charge on any atom is 0.235 e. The van der Waals surface area contributed by atoms with Gasteiger partial charge in [-0.15, -0.1) is 0 Å². The molecule has 1 atom stereocenters. The highest BCUT2D eigenvalue weighted by Gasteiger charge is 2.34. The van der Waals surface area contributed by atoms with E-state index in [1.165, 1.54) is 0 Å². The summed E-state index contributed by atoms with van der Waals surface area (Å²) in [7, 11) is -3.42. The summed E-state index contributed by atoms with van der Waals surface area (Å²) in [6.45, 7) is 14.9. The number of benzene rings is 2. The third-order valence-electron chi connectivity index (χ3n) is 5.11. The SMILES string of the molecule is [C-]#[N+]c1ccc2c(c1)C(C)(C)CC(c1ccccc1NS(=O)(=O)C(C)C)N2. The van der Waals surface area contributed by atoms with Crippen LogP contribution in [-0.4, -0.2) is 13.7 Å². The Balaban J connectivity index is 2.00. The van der Waals surface area contributed by atoms with Crippen LogP contribution in [0.1, 0.15) is 51.3 Å². The molecule has 0 saturated carbocycles. The van der Waals surface area contributed by atoms with E-state index in [9.17, 15) is 8.42 Å². The molecule has 1 unspecified atom stereocenters. The zero-order chi connectivity index (χ0) is 19.8. The molecule has 1 aliphatic heterocycles. The number of nitrogens with zero attached hydrogens (tertiary/aromatic N) is 1. The van der Waals surface area contributed by atoms with Gasteiger partial charge < -0.3 is 5.32 Å². The number of fused-ring (bicyclic) bond motifs is 1. The van der Waals surface area contributed by atoms with E-state index in [1.54, 1.807) is 13.8 Å². The molecule has 1 heterocycles. The van der Waals surface area contributed by atoms with E-state index in [1.807, 2.05) is 42.5 Å². The number of para-hydroxylation sites is 1. The molecule has 2 N–H and O–H groups in total. The first-order valence-electron chi connectivity index (χ1n) is 9.03. The van der Waals surface area contributed by atoms with E-state index in [-0.39, 0.29) is 11.5 Å². The van der Waals surface area contributed by atoms with E-state index in [2.05, 4.69) is 28.7 Å². The number of sulfonamides is 1. The highest BCUT2D eigenvalue weighted by atomic mass is 32.2. The normalized spacial score (nSPS) is 18.3. The van der Waals surface area contributed by atoms with Crippen molar-refractivity contribution >= 4 is 27.1 Å². The molecule has 142 valence electrons. The number of nitrogens with one attached hydrogen (secondary N) is 2. The lowest BCUT2D eigenvalue weighted by Gasteiger charge is -2.39. The van der Waals surface area contributed by atoms with Gasteiger partial charge in [0.1, 0.15) is 0 Å². The van der Waals surface area contributed by atoms with Gasteiger partial charge in [0.05, 0.1) is 23.6 Å². The zero-order valence-electron chi connectivity index (χ0n) is 16.1. The quantitative estimate of drug-likeness (QED) is 0.711. The van der Waals surface area contributed by atoms with Crippen LogP contribution in [0, 0.1) is 6.57 Å². The Labute approximate surface area is 161 Å². The predicted molar refractivity (Wildman–Crippen MR) is 111 cm³/mol. The van der Waals surface area contributed by atoms with Crippen molar-refractivity contribution in [1.82, 2.24) is 0 Å². The highest BCUT2D eigenvalue weighted by Crippen LogP contribution is 2.46. The van der Waals surface area contributed by atoms with Crippen molar-refractivity contribution in [3.05, 3.63) is 65.0 Å². The average Bonchev–Trinajstić information content (AvgIpc) is 2.61. The molecule has 0 bridgehead atoms. The molecule has 1 aliphatic rings. The Kier molecular flexibility index (Phi) is 4.92. The summed E-state index contributed by atoms with van der Waals surface area (Å²) in [5.74, 6) is 0. The molecule has 27 heavy (non-hydrogen) atoms. The van der Waals surface area contributed by atoms with Gasteiger partial charge in [0.25, 0.3) is 0 Å². The smallest absolute Gasteiger partial charge is 0.235 e. The fraction of sp³-hybridized carbons (Fsp3) is 0.381. The lowest BCUT2D eigenvalue weighted by molar-refractivity contribution is 0.428. The Bertz CT molecular complexity index is 1000. The zero-order valence-corrected chi connectivity index (χ0v) is 16.9. The van der Waals surface area contributed by atoms with E-state index in [0.29, 0.717) is 11.4 Å². The Morgan fingerprint density at radius 3 is 2.59 bits per heavy atom. The van der Waals surface area contributed by atoms with Crippen LogP contribution in [0.4, 0.5) is 17.1 Å². The van der Waals surface area contributed by atoms with Crippen molar-refractivity contribution < 1.29 is 8.42 Å². The van der Waals surface area contributed by atoms with Gasteiger partial charge in [-0.3, -0.25) is 4.72 Å². The lowest BCUT2D eigenvalue weighted by atomic mass is 9.74. The van der Waals surface area contributed by atoms with Crippen LogP contribution in [0.15, 0.2) is 42.5 Å². The fourth-order valence-electron chi connectivity index (χ4n) is 3.50. The number of hydrogen-bond acceptors (Lipinski definition) is 3. The van der Waals surface area contributed by atoms with Gasteiger partial charge in [-0.25, -0.2) is 13.3 Å². The minimum atomic E-state index is -3.42. The Morgan fingerprint density at radius 2 is 1.93 bits per heavy atom. The molecule has 5 nitrogen and oxygen atoms in total. The maximum absolute atomic E-state index is 12.4. The van der Waals surface area contributed by atoms with E-state index >= 15 is 0 Å². The third kappa shape index (κ3) is 3.79. The van der Waals surface area contributed by atoms with Crippen molar-refractivity contribution in [2.24, 2.45) is 0 Å². The molecule has 0 aromatic heterocycles. The van der Waals surface area contributed by atoms with Crippen molar-refractivity contribution in [3.8, 4) is 0 Å². The van der Waals surface area contributed by atoms with Crippen LogP contribution in [0.2, 0.25) is 0 Å². The first kappa shape index (κ1) is 19.2. The van der Waals surface area contributed by atoms with Gasteiger partial charge in [0.2, 0.25) is 10.0 Å². The van der Waals surface area contributed by atoms with Gasteiger partial charge >= 0.3 is 0 Å². The molecular weight excluding hydrogens is 358 g/mol. The molecule has 2 aromatic rings. The van der Waals surface area contributed by atoms with Gasteiger partial charge in [-0.2, -0.15) is 0 Å². The summed E-state index contributed by atoms with van der Waals surface area (Å²) in [5, 5.41) is 3.03. The minimum Gasteiger partial charge on any atom is -0.378 e. The first-order valence-corrected chi connectivity index (χ1v) is 10.6. The van der Waals surface area contributed by atoms with Crippen LogP contribution >= 0.6 is 0 Å². The summed E-state index contributed by atoms with van der Waals surface area (Å²) in [4.78, 5) is 3.54. The molecule has 2 aromatic carbocycles. The molecule has 0 saturated heterocycles. The summed E-state index contributed by atoms with van der Waals surface area (Å²) in [6, 6.07) is 13.2. The molecule has 3 rings (SSSR count). The summed E-state index contributed by atoms with van der Waals surface area (Å²) < 4.78 is 27.5. The first-order chi connectivity index (χ1) is 12.6. The topological polar surface area (TPSA) is 62.6 Å². The molecule has 0 amide bonds. The Hall–Kier alpha value is -2.52. The third-order valence-corrected chi connectivity index (χ3v) is 6.86. The summed E-state index contributed by atoms with van der Waals surface area (Å²) in [6.07, 6.45) is 0.794. The summed E-state index contributed by atoms with van der Waals surface area (Å²) >= 11 is 0. The van der Waals surface area contributed by atoms with Crippen LogP contribution in [0.25, 0.3) is 4.85 Å². The highest BCUT2D eigenvalue weighted by molar-refractivity contribution is 7.93. The second-order valence-corrected chi connectivity index (χ2v) is 10.1. The van der Waals surface area contributed by atoms with Crippen LogP contribution in [-0.2, 0) is 15.4 Å². The Morgan fingerprint density at radius 1 is 1.22 bits per heavy atom. The van der Waals surface area contributed by atoms with Gasteiger partial charge in [0, 0.05) is 5.69 Å². The number of hydrogen-bond donors (Lipinski definition) is 2. The maximum atomic E-state index is 12.4. The molecule has 0 spiro atoms. The molecule has 0 aliphatic carbocycles. The molecular formula is C21H25N3O2S. The number of anilines is 2. The monoisotopic (exact) mass is 383 g/mol. The van der Waals surface area contributed by atoms with Crippen molar-refractivity contribution in [2.45, 2.75) is 50.8 Å². The van der Waals surface area contributed by atoms with E-state index in [4.69, 9.17) is 6.57 Å². The largest absolute Gasteiger partial charge is 0.378 e. The summed E-state index contributed by atoms with van der Waals surface area (Å²) in [5.41, 5.74) is 4.14. The van der Waals surface area contributed by atoms with Crippen LogP contribution in [0.3, 0.4) is 0 Å². The van der Waals surface area contributed by atoms with Crippen LogP contribution < -0.4 is 10.0 Å². The molecule has 6 heteroatoms. The van der Waals surface area contributed by atoms with Gasteiger partial charge in [-0.05, 0) is 48.9 Å². The van der Waals surface area contributed by atoms with E-state index in [0.717, 1.165) is 23.2 Å². The molecule has 0 radical (unpaired) electrons. The van der Waals surface area contributed by atoms with Crippen LogP contribution in [0.5, 0.6) is 0 Å². The average molecular weight is 384 g/mol. The number of rotatable bonds is 4. The lowest BCUT2D eigenvalue weighted by Crippen LogP contribution is -2.32. The second-order valence-electron chi connectivity index (χ2n) is 7.91.